The Morgan fingerprint density at radius 3 is 2.33 bits per heavy atom. The molecule has 3 aromatic rings. The number of aryl methyl sites for hydroxylation is 1. The number of guanidine groups is 1. The number of hydrogen-bond donors (Lipinski definition) is 3. The highest BCUT2D eigenvalue weighted by Crippen LogP contribution is 2.26. The Kier molecular flexibility index (Phi) is 6.49. The van der Waals surface area contributed by atoms with Gasteiger partial charge in [0.25, 0.3) is 21.8 Å². The molecular formula is C21H20N4O7S. The second-order valence-corrected chi connectivity index (χ2v) is 8.41. The van der Waals surface area contributed by atoms with Gasteiger partial charge in [-0.1, -0.05) is 6.92 Å². The third-order valence-electron chi connectivity index (χ3n) is 4.63. The van der Waals surface area contributed by atoms with Crippen molar-refractivity contribution in [3.63, 3.8) is 0 Å². The molecule has 0 saturated heterocycles. The number of nitrogens with one attached hydrogen (secondary N) is 1. The molecule has 172 valence electrons. The highest BCUT2D eigenvalue weighted by atomic mass is 32.2. The summed E-state index contributed by atoms with van der Waals surface area (Å²) in [6.07, 6.45) is 0.646. The van der Waals surface area contributed by atoms with Crippen LogP contribution < -0.4 is 27.1 Å². The van der Waals surface area contributed by atoms with Gasteiger partial charge in [-0.3, -0.25) is 14.9 Å². The molecule has 5 N–H and O–H groups in total. The molecule has 11 nitrogen and oxygen atoms in total. The number of amides is 2. The Balaban J connectivity index is 1.86. The minimum absolute atomic E-state index is 0.0322. The van der Waals surface area contributed by atoms with Gasteiger partial charge in [0.05, 0.1) is 12.0 Å². The summed E-state index contributed by atoms with van der Waals surface area (Å²) in [6.45, 7) is 1.92. The monoisotopic (exact) mass is 472 g/mol. The maximum Gasteiger partial charge on any atom is 0.349 e. The van der Waals surface area contributed by atoms with Crippen LogP contribution in [-0.2, 0) is 16.4 Å². The van der Waals surface area contributed by atoms with Gasteiger partial charge in [0, 0.05) is 17.0 Å². The third kappa shape index (κ3) is 5.01. The van der Waals surface area contributed by atoms with E-state index in [-0.39, 0.29) is 21.6 Å². The number of carbonyl (C=O) groups is 2. The van der Waals surface area contributed by atoms with E-state index in [1.165, 1.54) is 25.3 Å². The zero-order valence-electron chi connectivity index (χ0n) is 17.6. The topological polar surface area (TPSA) is 184 Å². The van der Waals surface area contributed by atoms with Gasteiger partial charge in [0.15, 0.2) is 0 Å². The Labute approximate surface area is 188 Å². The summed E-state index contributed by atoms with van der Waals surface area (Å²) < 4.78 is 37.5. The largest absolute Gasteiger partial charge is 0.496 e. The van der Waals surface area contributed by atoms with Crippen molar-refractivity contribution in [3.05, 3.63) is 69.6 Å². The lowest BCUT2D eigenvalue weighted by Crippen LogP contribution is -2.33. The van der Waals surface area contributed by atoms with Crippen molar-refractivity contribution in [3.8, 4) is 5.75 Å². The minimum atomic E-state index is -4.13. The highest BCUT2D eigenvalue weighted by Gasteiger charge is 2.19. The quantitative estimate of drug-likeness (QED) is 0.203. The van der Waals surface area contributed by atoms with Gasteiger partial charge in [-0.25, -0.2) is 4.79 Å². The smallest absolute Gasteiger partial charge is 0.349 e. The van der Waals surface area contributed by atoms with Crippen LogP contribution in [0.2, 0.25) is 0 Å². The molecule has 0 fully saturated rings. The van der Waals surface area contributed by atoms with E-state index in [4.69, 9.17) is 20.6 Å². The van der Waals surface area contributed by atoms with Crippen molar-refractivity contribution in [2.45, 2.75) is 18.2 Å². The Morgan fingerprint density at radius 1 is 1.09 bits per heavy atom. The first-order valence-electron chi connectivity index (χ1n) is 9.52. The molecule has 0 radical (unpaired) electrons. The van der Waals surface area contributed by atoms with E-state index in [2.05, 4.69) is 9.71 Å². The predicted octanol–water partition coefficient (Wildman–Crippen LogP) is 0.896. The van der Waals surface area contributed by atoms with Crippen molar-refractivity contribution in [2.75, 3.05) is 7.11 Å². The second-order valence-electron chi connectivity index (χ2n) is 6.80. The summed E-state index contributed by atoms with van der Waals surface area (Å²) in [5.74, 6) is -1.91. The lowest BCUT2D eigenvalue weighted by molar-refractivity contribution is 0.0847. The molecule has 0 saturated carbocycles. The lowest BCUT2D eigenvalue weighted by Gasteiger charge is -2.09. The standard InChI is InChI=1S/C21H20N4O7S/c1-3-11-8-13-9-15(20(28)32-17(13)10-16(11)31-2)19(27)24-18(26)12-4-6-14(7-5-12)33(29,30)25-21(22)23/h4-10H,3H2,1-2H3,(H4,22,23,25)(H,24,26,27). The van der Waals surface area contributed by atoms with E-state index in [1.54, 1.807) is 12.1 Å². The zero-order valence-corrected chi connectivity index (χ0v) is 18.4. The van der Waals surface area contributed by atoms with E-state index in [1.807, 2.05) is 6.92 Å². The highest BCUT2D eigenvalue weighted by molar-refractivity contribution is 7.90. The first-order chi connectivity index (χ1) is 15.6. The van der Waals surface area contributed by atoms with Crippen LogP contribution >= 0.6 is 0 Å². The van der Waals surface area contributed by atoms with Gasteiger partial charge in [-0.2, -0.15) is 8.42 Å². The molecule has 0 aliphatic carbocycles. The van der Waals surface area contributed by atoms with Crippen LogP contribution in [0, 0.1) is 0 Å². The van der Waals surface area contributed by atoms with Crippen molar-refractivity contribution >= 4 is 38.8 Å². The maximum atomic E-state index is 12.6. The van der Waals surface area contributed by atoms with Gasteiger partial charge >= 0.3 is 5.63 Å². The predicted molar refractivity (Wildman–Crippen MR) is 120 cm³/mol. The molecular weight excluding hydrogens is 452 g/mol. The first kappa shape index (κ1) is 23.5. The average Bonchev–Trinajstić information content (AvgIpc) is 2.76. The van der Waals surface area contributed by atoms with E-state index < -0.39 is 33.4 Å². The number of sulfonamides is 1. The van der Waals surface area contributed by atoms with Gasteiger partial charge in [-0.15, -0.1) is 4.40 Å². The number of benzene rings is 2. The van der Waals surface area contributed by atoms with E-state index in [0.717, 1.165) is 17.7 Å². The molecule has 1 heterocycles. The molecule has 1 aromatic heterocycles. The van der Waals surface area contributed by atoms with Gasteiger partial charge in [-0.05, 0) is 48.4 Å². The number of ether oxygens (including phenoxy) is 1. The zero-order chi connectivity index (χ0) is 24.3. The molecule has 33 heavy (non-hydrogen) atoms. The van der Waals surface area contributed by atoms with Gasteiger partial charge in [0.1, 0.15) is 16.9 Å². The molecule has 3 rings (SSSR count). The van der Waals surface area contributed by atoms with Gasteiger partial charge in [0.2, 0.25) is 5.96 Å². The van der Waals surface area contributed by atoms with Crippen LogP contribution in [0.3, 0.4) is 0 Å². The molecule has 12 heteroatoms. The van der Waals surface area contributed by atoms with E-state index in [0.29, 0.717) is 17.6 Å². The number of fused-ring (bicyclic) bond motifs is 1. The van der Waals surface area contributed by atoms with Crippen molar-refractivity contribution in [2.24, 2.45) is 15.9 Å². The number of nitrogens with zero attached hydrogens (tertiary/aromatic N) is 1. The van der Waals surface area contributed by atoms with Gasteiger partial charge < -0.3 is 20.6 Å². The molecule has 0 bridgehead atoms. The molecule has 0 unspecified atom stereocenters. The first-order valence-corrected chi connectivity index (χ1v) is 11.0. The SMILES string of the molecule is CCc1cc2cc(C(=O)NC(=O)c3ccc(S(=O)(=O)N=C(N)N)cc3)c(=O)oc2cc1OC. The van der Waals surface area contributed by atoms with Crippen LogP contribution in [0.25, 0.3) is 11.0 Å². The Hall–Kier alpha value is -4.19. The molecule has 0 aliphatic heterocycles. The number of carbonyl (C=O) groups excluding carboxylic acids is 2. The number of imide groups is 1. The molecule has 0 aliphatic rings. The fourth-order valence-corrected chi connectivity index (χ4v) is 3.90. The average molecular weight is 472 g/mol. The van der Waals surface area contributed by atoms with Crippen LogP contribution in [0.15, 0.2) is 61.0 Å². The van der Waals surface area contributed by atoms with Crippen molar-refractivity contribution in [1.29, 1.82) is 0 Å². The lowest BCUT2D eigenvalue weighted by atomic mass is 10.1. The van der Waals surface area contributed by atoms with Crippen LogP contribution in [0.1, 0.15) is 33.2 Å². The number of hydrogen-bond acceptors (Lipinski definition) is 7. The summed E-state index contributed by atoms with van der Waals surface area (Å²) in [4.78, 5) is 37.0. The summed E-state index contributed by atoms with van der Waals surface area (Å²) in [7, 11) is -2.63. The molecule has 0 spiro atoms. The van der Waals surface area contributed by atoms with E-state index in [9.17, 15) is 22.8 Å². The molecule has 0 atom stereocenters. The summed E-state index contributed by atoms with van der Waals surface area (Å²) >= 11 is 0. The summed E-state index contributed by atoms with van der Waals surface area (Å²) in [6, 6.07) is 9.15. The van der Waals surface area contributed by atoms with Crippen LogP contribution in [0.5, 0.6) is 5.75 Å². The summed E-state index contributed by atoms with van der Waals surface area (Å²) in [5.41, 5.74) is 9.92. The van der Waals surface area contributed by atoms with Crippen molar-refractivity contribution < 1.29 is 27.2 Å². The normalized spacial score (nSPS) is 11.1. The molecule has 2 aromatic carbocycles. The maximum absolute atomic E-state index is 12.6. The third-order valence-corrected chi connectivity index (χ3v) is 5.95. The number of nitrogens with two attached hydrogens (primary N) is 2. The molecule has 2 amide bonds. The Bertz CT molecular complexity index is 1440. The number of methoxy groups -OCH3 is 1. The van der Waals surface area contributed by atoms with Crippen LogP contribution in [0.4, 0.5) is 0 Å². The minimum Gasteiger partial charge on any atom is -0.496 e. The van der Waals surface area contributed by atoms with E-state index >= 15 is 0 Å². The fraction of sp³-hybridized carbons (Fsp3) is 0.143. The van der Waals surface area contributed by atoms with Crippen molar-refractivity contribution in [1.82, 2.24) is 5.32 Å². The summed E-state index contributed by atoms with van der Waals surface area (Å²) in [5, 5.41) is 2.57. The van der Waals surface area contributed by atoms with Crippen LogP contribution in [-0.4, -0.2) is 33.3 Å². The number of rotatable bonds is 6. The Morgan fingerprint density at radius 2 is 1.76 bits per heavy atom. The second kappa shape index (κ2) is 9.12. The fourth-order valence-electron chi connectivity index (χ4n) is 3.03.